The number of aromatic nitrogens is 2. The molecule has 2 heterocycles. The number of H-pyrrole nitrogens is 1. The summed E-state index contributed by atoms with van der Waals surface area (Å²) >= 11 is 0. The highest BCUT2D eigenvalue weighted by Gasteiger charge is 2.17. The van der Waals surface area contributed by atoms with Crippen molar-refractivity contribution < 1.29 is 0 Å². The fourth-order valence-corrected chi connectivity index (χ4v) is 2.52. The summed E-state index contributed by atoms with van der Waals surface area (Å²) in [5.41, 5.74) is 4.93. The van der Waals surface area contributed by atoms with Crippen LogP contribution in [0.1, 0.15) is 24.5 Å². The number of hydrogen-bond acceptors (Lipinski definition) is 3. The zero-order valence-electron chi connectivity index (χ0n) is 12.6. The first-order valence-electron chi connectivity index (χ1n) is 7.30. The Morgan fingerprint density at radius 1 is 1.23 bits per heavy atom. The Bertz CT molecular complexity index is 864. The predicted octanol–water partition coefficient (Wildman–Crippen LogP) is 3.71. The smallest absolute Gasteiger partial charge is 0.258 e. The maximum atomic E-state index is 12.4. The first-order chi connectivity index (χ1) is 10.7. The first kappa shape index (κ1) is 14.2. The first-order valence-corrected chi connectivity index (χ1v) is 7.30. The summed E-state index contributed by atoms with van der Waals surface area (Å²) in [6.07, 6.45) is 4.18. The molecule has 0 atom stereocenters. The fraction of sp³-hybridized carbons (Fsp3) is 0.167. The van der Waals surface area contributed by atoms with Crippen molar-refractivity contribution in [2.24, 2.45) is 4.99 Å². The molecule has 0 bridgehead atoms. The van der Waals surface area contributed by atoms with Gasteiger partial charge in [-0.1, -0.05) is 31.2 Å². The second-order valence-electron chi connectivity index (χ2n) is 5.14. The number of pyridine rings is 1. The zero-order chi connectivity index (χ0) is 15.5. The van der Waals surface area contributed by atoms with Gasteiger partial charge in [0.05, 0.1) is 17.0 Å². The fourth-order valence-electron chi connectivity index (χ4n) is 2.52. The van der Waals surface area contributed by atoms with Gasteiger partial charge in [0.15, 0.2) is 0 Å². The van der Waals surface area contributed by atoms with E-state index in [9.17, 15) is 4.79 Å². The van der Waals surface area contributed by atoms with Crippen LogP contribution in [0.5, 0.6) is 0 Å². The van der Waals surface area contributed by atoms with Gasteiger partial charge in [0.1, 0.15) is 0 Å². The van der Waals surface area contributed by atoms with Crippen LogP contribution in [0.25, 0.3) is 11.3 Å². The average molecular weight is 291 g/mol. The van der Waals surface area contributed by atoms with E-state index >= 15 is 0 Å². The number of aromatic amines is 1. The second kappa shape index (κ2) is 5.93. The molecule has 1 aromatic heterocycles. The van der Waals surface area contributed by atoms with Gasteiger partial charge in [-0.25, -0.2) is 0 Å². The molecular formula is C18H17N3O. The van der Waals surface area contributed by atoms with Crippen molar-refractivity contribution >= 4 is 11.4 Å². The monoisotopic (exact) mass is 291 g/mol. The summed E-state index contributed by atoms with van der Waals surface area (Å²) in [4.78, 5) is 24.1. The van der Waals surface area contributed by atoms with Crippen molar-refractivity contribution in [2.75, 3.05) is 0 Å². The molecular weight excluding hydrogens is 274 g/mol. The molecule has 4 heteroatoms. The molecule has 0 radical (unpaired) electrons. The van der Waals surface area contributed by atoms with Crippen LogP contribution >= 0.6 is 0 Å². The highest BCUT2D eigenvalue weighted by molar-refractivity contribution is 6.07. The molecule has 110 valence electrons. The highest BCUT2D eigenvalue weighted by atomic mass is 16.1. The van der Waals surface area contributed by atoms with Crippen LogP contribution in [0.2, 0.25) is 0 Å². The van der Waals surface area contributed by atoms with Crippen LogP contribution in [-0.4, -0.2) is 15.7 Å². The molecule has 1 aromatic rings. The van der Waals surface area contributed by atoms with Crippen molar-refractivity contribution in [3.8, 4) is 11.3 Å². The van der Waals surface area contributed by atoms with E-state index in [1.807, 2.05) is 50.2 Å². The standard InChI is InChI=1S/C18H17N3O/c1-3-14(20-15-9-10-19-11-12(15)2)17-13-7-5-4-6-8-16(13)21-18(17)22/h4-11H,3H2,1-2H3,(H,21,22). The number of nitrogens with zero attached hydrogens (tertiary/aromatic N) is 2. The van der Waals surface area contributed by atoms with Gasteiger partial charge in [0, 0.05) is 23.7 Å². The van der Waals surface area contributed by atoms with E-state index in [2.05, 4.69) is 9.97 Å². The van der Waals surface area contributed by atoms with E-state index in [0.717, 1.165) is 28.2 Å². The third-order valence-corrected chi connectivity index (χ3v) is 3.65. The van der Waals surface area contributed by atoms with Crippen LogP contribution in [0.4, 0.5) is 5.69 Å². The molecule has 1 aliphatic carbocycles. The van der Waals surface area contributed by atoms with Crippen LogP contribution < -0.4 is 5.56 Å². The van der Waals surface area contributed by atoms with E-state index in [4.69, 9.17) is 4.99 Å². The molecule has 3 rings (SSSR count). The number of aliphatic imine (C=N–C) groups is 1. The van der Waals surface area contributed by atoms with Crippen LogP contribution in [-0.2, 0) is 0 Å². The average Bonchev–Trinajstić information content (AvgIpc) is 2.69. The summed E-state index contributed by atoms with van der Waals surface area (Å²) in [7, 11) is 0. The number of fused-ring (bicyclic) bond motifs is 1. The highest BCUT2D eigenvalue weighted by Crippen LogP contribution is 2.24. The van der Waals surface area contributed by atoms with Gasteiger partial charge in [0.2, 0.25) is 0 Å². The van der Waals surface area contributed by atoms with Crippen molar-refractivity contribution in [1.82, 2.24) is 9.97 Å². The molecule has 1 N–H and O–H groups in total. The molecule has 4 nitrogen and oxygen atoms in total. The number of aryl methyl sites for hydroxylation is 1. The Labute approximate surface area is 128 Å². The van der Waals surface area contributed by atoms with Gasteiger partial charge in [-0.15, -0.1) is 0 Å². The molecule has 0 amide bonds. The zero-order valence-corrected chi connectivity index (χ0v) is 12.6. The van der Waals surface area contributed by atoms with Crippen LogP contribution in [0, 0.1) is 6.92 Å². The van der Waals surface area contributed by atoms with Gasteiger partial charge in [-0.05, 0) is 31.0 Å². The summed E-state index contributed by atoms with van der Waals surface area (Å²) in [6, 6.07) is 11.5. The molecule has 1 aliphatic heterocycles. The van der Waals surface area contributed by atoms with Crippen LogP contribution in [0.15, 0.2) is 58.6 Å². The van der Waals surface area contributed by atoms with Gasteiger partial charge >= 0.3 is 0 Å². The minimum Gasteiger partial charge on any atom is -0.321 e. The van der Waals surface area contributed by atoms with E-state index in [1.165, 1.54) is 0 Å². The van der Waals surface area contributed by atoms with Gasteiger partial charge in [-0.2, -0.15) is 0 Å². The van der Waals surface area contributed by atoms with E-state index < -0.39 is 0 Å². The third-order valence-electron chi connectivity index (χ3n) is 3.65. The Hall–Kier alpha value is -2.75. The van der Waals surface area contributed by atoms with E-state index in [1.54, 1.807) is 12.4 Å². The van der Waals surface area contributed by atoms with Crippen LogP contribution in [0.3, 0.4) is 0 Å². The maximum absolute atomic E-state index is 12.4. The Kier molecular flexibility index (Phi) is 3.83. The summed E-state index contributed by atoms with van der Waals surface area (Å²) < 4.78 is 0. The number of rotatable bonds is 3. The molecule has 0 unspecified atom stereocenters. The molecule has 0 spiro atoms. The van der Waals surface area contributed by atoms with Gasteiger partial charge in [-0.3, -0.25) is 14.8 Å². The Morgan fingerprint density at radius 3 is 2.82 bits per heavy atom. The predicted molar refractivity (Wildman–Crippen MR) is 89.1 cm³/mol. The Balaban J connectivity index is 2.20. The lowest BCUT2D eigenvalue weighted by Gasteiger charge is -2.05. The van der Waals surface area contributed by atoms with Gasteiger partial charge in [0.25, 0.3) is 5.56 Å². The molecule has 0 aromatic carbocycles. The minimum atomic E-state index is -0.0893. The van der Waals surface area contributed by atoms with E-state index in [0.29, 0.717) is 12.0 Å². The van der Waals surface area contributed by atoms with Crippen molar-refractivity contribution in [3.63, 3.8) is 0 Å². The quantitative estimate of drug-likeness (QED) is 0.748. The van der Waals surface area contributed by atoms with Crippen molar-refractivity contribution in [1.29, 1.82) is 0 Å². The number of nitrogens with one attached hydrogen (secondary N) is 1. The molecule has 22 heavy (non-hydrogen) atoms. The topological polar surface area (TPSA) is 58.1 Å². The maximum Gasteiger partial charge on any atom is 0.258 e. The third kappa shape index (κ3) is 2.55. The summed E-state index contributed by atoms with van der Waals surface area (Å²) in [6.45, 7) is 3.98. The largest absolute Gasteiger partial charge is 0.321 e. The van der Waals surface area contributed by atoms with E-state index in [-0.39, 0.29) is 5.56 Å². The van der Waals surface area contributed by atoms with Crippen molar-refractivity contribution in [2.45, 2.75) is 20.3 Å². The summed E-state index contributed by atoms with van der Waals surface area (Å²) in [5.74, 6) is 0. The lowest BCUT2D eigenvalue weighted by Crippen LogP contribution is -2.12. The SMILES string of the molecule is CCC(=Nc1ccncc1C)c1c2cccccc-2[nH]c1=O. The molecule has 0 saturated carbocycles. The minimum absolute atomic E-state index is 0.0893. The molecule has 0 fully saturated rings. The molecule has 0 saturated heterocycles. The lowest BCUT2D eigenvalue weighted by molar-refractivity contribution is 1.22. The van der Waals surface area contributed by atoms with Crippen molar-refractivity contribution in [3.05, 3.63) is 70.3 Å². The molecule has 2 aliphatic rings. The van der Waals surface area contributed by atoms with Gasteiger partial charge < -0.3 is 4.98 Å². The number of hydrogen-bond donors (Lipinski definition) is 1. The lowest BCUT2D eigenvalue weighted by atomic mass is 10.0. The Morgan fingerprint density at radius 2 is 2.05 bits per heavy atom. The normalized spacial score (nSPS) is 11.8. The summed E-state index contributed by atoms with van der Waals surface area (Å²) in [5, 5.41) is 0. The second-order valence-corrected chi connectivity index (χ2v) is 5.14.